The van der Waals surface area contributed by atoms with E-state index < -0.39 is 5.92 Å². The Kier molecular flexibility index (Phi) is 5.53. The number of pyridine rings is 1. The first-order chi connectivity index (χ1) is 16.3. The maximum atomic E-state index is 13.7. The molecule has 5 nitrogen and oxygen atoms in total. The van der Waals surface area contributed by atoms with Crippen LogP contribution in [0.2, 0.25) is 0 Å². The summed E-state index contributed by atoms with van der Waals surface area (Å²) in [6.07, 6.45) is 8.57. The highest BCUT2D eigenvalue weighted by atomic mass is 79.9. The second-order valence-corrected chi connectivity index (χ2v) is 10.6. The number of anilines is 1. The normalized spacial score (nSPS) is 19.8. The van der Waals surface area contributed by atoms with Crippen LogP contribution in [-0.4, -0.2) is 15.3 Å². The standard InChI is InChI=1S/C28H25BrN4O/c1-18-13-20(29)8-9-22(18)33-23-14-28(2,3)15-24(34)26(23)25(19-7-6-10-31-17-19)21(16-30)27(33)32-11-4-5-12-32/h4-13,17,25H,14-15H2,1-3H3/t25-/m1/s1. The molecule has 3 heterocycles. The topological polar surface area (TPSA) is 61.9 Å². The van der Waals surface area contributed by atoms with Crippen molar-refractivity contribution in [2.24, 2.45) is 5.41 Å². The molecule has 1 aromatic carbocycles. The van der Waals surface area contributed by atoms with Crippen LogP contribution < -0.4 is 4.90 Å². The van der Waals surface area contributed by atoms with Crippen molar-refractivity contribution in [1.82, 2.24) is 9.55 Å². The molecule has 0 amide bonds. The fourth-order valence-corrected chi connectivity index (χ4v) is 5.68. The van der Waals surface area contributed by atoms with E-state index in [9.17, 15) is 10.1 Å². The fourth-order valence-electron chi connectivity index (χ4n) is 5.20. The van der Waals surface area contributed by atoms with E-state index in [-0.39, 0.29) is 11.2 Å². The molecule has 0 N–H and O–H groups in total. The van der Waals surface area contributed by atoms with Crippen molar-refractivity contribution in [3.63, 3.8) is 0 Å². The van der Waals surface area contributed by atoms with Crippen LogP contribution in [0.1, 0.15) is 43.7 Å². The Labute approximate surface area is 208 Å². The Hall–Kier alpha value is -3.43. The van der Waals surface area contributed by atoms with Crippen LogP contribution >= 0.6 is 15.9 Å². The number of carbonyl (C=O) groups is 1. The van der Waals surface area contributed by atoms with E-state index in [0.29, 0.717) is 17.6 Å². The molecule has 1 aliphatic carbocycles. The van der Waals surface area contributed by atoms with E-state index in [1.165, 1.54) is 0 Å². The van der Waals surface area contributed by atoms with Gasteiger partial charge >= 0.3 is 0 Å². The molecule has 0 bridgehead atoms. The van der Waals surface area contributed by atoms with Crippen LogP contribution in [0.3, 0.4) is 0 Å². The molecule has 2 aromatic heterocycles. The number of halogens is 1. The van der Waals surface area contributed by atoms with Crippen molar-refractivity contribution >= 4 is 33.2 Å². The zero-order valence-electron chi connectivity index (χ0n) is 19.4. The number of carbonyl (C=O) groups excluding carboxylic acids is 1. The molecule has 1 atom stereocenters. The van der Waals surface area contributed by atoms with Crippen molar-refractivity contribution in [1.29, 1.82) is 5.26 Å². The van der Waals surface area contributed by atoms with Gasteiger partial charge in [0.1, 0.15) is 5.82 Å². The smallest absolute Gasteiger partial charge is 0.162 e. The van der Waals surface area contributed by atoms with Gasteiger partial charge in [0.05, 0.1) is 23.2 Å². The second-order valence-electron chi connectivity index (χ2n) is 9.73. The fraction of sp³-hybridized carbons (Fsp3) is 0.250. The molecular weight excluding hydrogens is 488 g/mol. The number of nitrogens with zero attached hydrogens (tertiary/aromatic N) is 4. The molecule has 2 aliphatic rings. The highest BCUT2D eigenvalue weighted by Gasteiger charge is 2.45. The minimum absolute atomic E-state index is 0.0965. The van der Waals surface area contributed by atoms with Gasteiger partial charge in [-0.3, -0.25) is 14.7 Å². The number of hydrogen-bond acceptors (Lipinski definition) is 4. The van der Waals surface area contributed by atoms with Gasteiger partial charge in [-0.1, -0.05) is 35.8 Å². The first kappa shape index (κ1) is 22.4. The maximum Gasteiger partial charge on any atom is 0.162 e. The molecule has 6 heteroatoms. The predicted octanol–water partition coefficient (Wildman–Crippen LogP) is 6.59. The van der Waals surface area contributed by atoms with Crippen LogP contribution in [0, 0.1) is 23.7 Å². The van der Waals surface area contributed by atoms with Gasteiger partial charge in [0.2, 0.25) is 0 Å². The monoisotopic (exact) mass is 512 g/mol. The largest absolute Gasteiger partial charge is 0.309 e. The second kappa shape index (κ2) is 8.41. The molecule has 5 rings (SSSR count). The van der Waals surface area contributed by atoms with Gasteiger partial charge in [0, 0.05) is 47.0 Å². The molecule has 34 heavy (non-hydrogen) atoms. The predicted molar refractivity (Wildman–Crippen MR) is 137 cm³/mol. The number of Topliss-reactive ketones (excluding diaryl/α,β-unsaturated/α-hetero) is 1. The molecule has 0 saturated carbocycles. The lowest BCUT2D eigenvalue weighted by atomic mass is 9.68. The van der Waals surface area contributed by atoms with Crippen molar-refractivity contribution in [3.8, 4) is 6.07 Å². The zero-order chi connectivity index (χ0) is 24.0. The summed E-state index contributed by atoms with van der Waals surface area (Å²) in [4.78, 5) is 20.2. The van der Waals surface area contributed by atoms with Crippen LogP contribution in [0.5, 0.6) is 0 Å². The van der Waals surface area contributed by atoms with E-state index in [1.807, 2.05) is 47.3 Å². The van der Waals surface area contributed by atoms with Crippen LogP contribution in [0.25, 0.3) is 5.82 Å². The van der Waals surface area contributed by atoms with Gasteiger partial charge in [0.15, 0.2) is 5.78 Å². The number of nitriles is 1. The van der Waals surface area contributed by atoms with Crippen LogP contribution in [0.15, 0.2) is 88.6 Å². The van der Waals surface area contributed by atoms with E-state index in [0.717, 1.165) is 39.2 Å². The summed E-state index contributed by atoms with van der Waals surface area (Å²) in [6.45, 7) is 6.33. The lowest BCUT2D eigenvalue weighted by Crippen LogP contribution is -2.40. The minimum atomic E-state index is -0.457. The Morgan fingerprint density at radius 2 is 1.91 bits per heavy atom. The molecule has 3 aromatic rings. The molecule has 0 spiro atoms. The molecule has 1 aliphatic heterocycles. The van der Waals surface area contributed by atoms with Crippen molar-refractivity contribution in [3.05, 3.63) is 99.7 Å². The molecule has 0 saturated heterocycles. The summed E-state index contributed by atoms with van der Waals surface area (Å²) >= 11 is 3.58. The number of aryl methyl sites for hydroxylation is 1. The summed E-state index contributed by atoms with van der Waals surface area (Å²) in [5, 5.41) is 10.5. The third-order valence-corrected chi connectivity index (χ3v) is 7.08. The Balaban J connectivity index is 1.88. The van der Waals surface area contributed by atoms with Gasteiger partial charge in [0.25, 0.3) is 0 Å². The third kappa shape index (κ3) is 3.70. The summed E-state index contributed by atoms with van der Waals surface area (Å²) in [5.74, 6) is 0.400. The van der Waals surface area contributed by atoms with E-state index in [2.05, 4.69) is 64.8 Å². The first-order valence-electron chi connectivity index (χ1n) is 11.3. The van der Waals surface area contributed by atoms with Crippen molar-refractivity contribution in [2.45, 2.75) is 39.5 Å². The number of hydrogen-bond donors (Lipinski definition) is 0. The SMILES string of the molecule is Cc1cc(Br)ccc1N1C2=C(C(=O)CC(C)(C)C2)[C@H](c2cccnc2)C(C#N)=C1n1cccc1. The number of ketones is 1. The van der Waals surface area contributed by atoms with Crippen LogP contribution in [0.4, 0.5) is 5.69 Å². The van der Waals surface area contributed by atoms with Crippen LogP contribution in [-0.2, 0) is 4.79 Å². The van der Waals surface area contributed by atoms with Crippen molar-refractivity contribution < 1.29 is 4.79 Å². The summed E-state index contributed by atoms with van der Waals surface area (Å²) in [7, 11) is 0. The lowest BCUT2D eigenvalue weighted by molar-refractivity contribution is -0.118. The zero-order valence-corrected chi connectivity index (χ0v) is 21.0. The van der Waals surface area contributed by atoms with Crippen molar-refractivity contribution in [2.75, 3.05) is 4.90 Å². The maximum absolute atomic E-state index is 13.7. The Morgan fingerprint density at radius 1 is 1.15 bits per heavy atom. The molecule has 0 radical (unpaired) electrons. The number of rotatable bonds is 3. The third-order valence-electron chi connectivity index (χ3n) is 6.58. The average molecular weight is 513 g/mol. The molecule has 0 unspecified atom stereocenters. The average Bonchev–Trinajstić information content (AvgIpc) is 3.32. The molecule has 0 fully saturated rings. The van der Waals surface area contributed by atoms with E-state index >= 15 is 0 Å². The summed E-state index contributed by atoms with van der Waals surface area (Å²) in [5.41, 5.74) is 4.89. The Bertz CT molecular complexity index is 1380. The Morgan fingerprint density at radius 3 is 2.56 bits per heavy atom. The van der Waals surface area contributed by atoms with Gasteiger partial charge in [-0.15, -0.1) is 0 Å². The van der Waals surface area contributed by atoms with E-state index in [4.69, 9.17) is 0 Å². The summed E-state index contributed by atoms with van der Waals surface area (Å²) in [6, 6.07) is 16.3. The molecular formula is C28H25BrN4O. The number of aromatic nitrogens is 2. The summed E-state index contributed by atoms with van der Waals surface area (Å²) < 4.78 is 2.97. The quantitative estimate of drug-likeness (QED) is 0.396. The van der Waals surface area contributed by atoms with Gasteiger partial charge in [-0.25, -0.2) is 0 Å². The highest BCUT2D eigenvalue weighted by molar-refractivity contribution is 9.10. The van der Waals surface area contributed by atoms with E-state index in [1.54, 1.807) is 12.4 Å². The number of allylic oxidation sites excluding steroid dienone is 3. The minimum Gasteiger partial charge on any atom is -0.309 e. The lowest BCUT2D eigenvalue weighted by Gasteiger charge is -2.45. The van der Waals surface area contributed by atoms with Gasteiger partial charge < -0.3 is 4.57 Å². The van der Waals surface area contributed by atoms with Gasteiger partial charge in [-0.05, 0) is 66.3 Å². The highest BCUT2D eigenvalue weighted by Crippen LogP contribution is 2.52. The van der Waals surface area contributed by atoms with Gasteiger partial charge in [-0.2, -0.15) is 5.26 Å². The first-order valence-corrected chi connectivity index (χ1v) is 12.1. The number of benzene rings is 1. The molecule has 170 valence electrons.